The Labute approximate surface area is 139 Å². The average molecular weight is 334 g/mol. The maximum absolute atomic E-state index is 13.9. The molecule has 0 bridgehead atoms. The fourth-order valence-corrected chi connectivity index (χ4v) is 2.54. The summed E-state index contributed by atoms with van der Waals surface area (Å²) in [5.41, 5.74) is 2.21. The number of carbonyl (C=O) groups excluding carboxylic acids is 1. The highest BCUT2D eigenvalue weighted by atomic mass is 19.1. The second-order valence-electron chi connectivity index (χ2n) is 5.68. The summed E-state index contributed by atoms with van der Waals surface area (Å²) >= 11 is 0. The molecular weight excluding hydrogens is 315 g/mol. The second-order valence-corrected chi connectivity index (χ2v) is 5.68. The van der Waals surface area contributed by atoms with Crippen LogP contribution in [0.1, 0.15) is 5.69 Å². The summed E-state index contributed by atoms with van der Waals surface area (Å²) < 4.78 is 26.4. The van der Waals surface area contributed by atoms with Gasteiger partial charge >= 0.3 is 0 Å². The van der Waals surface area contributed by atoms with Crippen LogP contribution in [0.2, 0.25) is 0 Å². The van der Waals surface area contributed by atoms with Crippen molar-refractivity contribution >= 4 is 6.41 Å². The van der Waals surface area contributed by atoms with Crippen molar-refractivity contribution in [3.8, 4) is 17.0 Å². The van der Waals surface area contributed by atoms with Gasteiger partial charge in [0.1, 0.15) is 6.10 Å². The number of rotatable bonds is 7. The Morgan fingerprint density at radius 1 is 1.46 bits per heavy atom. The second kappa shape index (κ2) is 6.96. The Morgan fingerprint density at radius 3 is 2.96 bits per heavy atom. The van der Waals surface area contributed by atoms with E-state index >= 15 is 0 Å². The van der Waals surface area contributed by atoms with Crippen LogP contribution in [-0.4, -0.2) is 59.0 Å². The molecule has 3 heterocycles. The number of pyridine rings is 1. The molecule has 3 rings (SSSR count). The van der Waals surface area contributed by atoms with Crippen molar-refractivity contribution in [3.05, 3.63) is 30.0 Å². The average Bonchev–Trinajstić information content (AvgIpc) is 2.91. The summed E-state index contributed by atoms with van der Waals surface area (Å²) in [6, 6.07) is 1.57. The van der Waals surface area contributed by atoms with Crippen LogP contribution in [0.15, 0.2) is 18.5 Å². The summed E-state index contributed by atoms with van der Waals surface area (Å²) in [5, 5.41) is 4.40. The van der Waals surface area contributed by atoms with Crippen molar-refractivity contribution in [1.82, 2.24) is 19.7 Å². The third kappa shape index (κ3) is 3.38. The monoisotopic (exact) mass is 334 g/mol. The molecule has 0 atom stereocenters. The highest BCUT2D eigenvalue weighted by molar-refractivity contribution is 5.62. The van der Waals surface area contributed by atoms with E-state index in [-0.39, 0.29) is 11.9 Å². The Balaban J connectivity index is 1.78. The number of carbonyl (C=O) groups is 1. The first-order valence-corrected chi connectivity index (χ1v) is 7.65. The Morgan fingerprint density at radius 2 is 2.25 bits per heavy atom. The van der Waals surface area contributed by atoms with Gasteiger partial charge in [-0.05, 0) is 6.92 Å². The van der Waals surface area contributed by atoms with Crippen LogP contribution in [0, 0.1) is 12.7 Å². The van der Waals surface area contributed by atoms with Gasteiger partial charge in [-0.1, -0.05) is 0 Å². The zero-order valence-electron chi connectivity index (χ0n) is 13.6. The molecule has 1 aliphatic heterocycles. The minimum absolute atomic E-state index is 0.139. The normalized spacial score (nSPS) is 14.5. The van der Waals surface area contributed by atoms with Gasteiger partial charge in [0.2, 0.25) is 6.41 Å². The van der Waals surface area contributed by atoms with Crippen molar-refractivity contribution < 1.29 is 18.7 Å². The molecule has 128 valence electrons. The lowest BCUT2D eigenvalue weighted by molar-refractivity contribution is -0.126. The van der Waals surface area contributed by atoms with Gasteiger partial charge in [-0.25, -0.2) is 4.39 Å². The Hall–Kier alpha value is -2.48. The molecule has 1 amide bonds. The summed E-state index contributed by atoms with van der Waals surface area (Å²) in [4.78, 5) is 16.3. The molecular formula is C16H19FN4O3. The van der Waals surface area contributed by atoms with Gasteiger partial charge in [0.05, 0.1) is 43.8 Å². The smallest absolute Gasteiger partial charge is 0.209 e. The number of hydrogen-bond donors (Lipinski definition) is 0. The van der Waals surface area contributed by atoms with Gasteiger partial charge < -0.3 is 14.4 Å². The third-order valence-corrected chi connectivity index (χ3v) is 3.89. The predicted molar refractivity (Wildman–Crippen MR) is 84.1 cm³/mol. The number of ether oxygens (including phenoxy) is 2. The summed E-state index contributed by atoms with van der Waals surface area (Å²) in [6.45, 7) is 3.99. The number of aromatic nitrogens is 3. The number of amides is 1. The number of aryl methyl sites for hydroxylation is 1. The van der Waals surface area contributed by atoms with Crippen molar-refractivity contribution in [2.24, 2.45) is 0 Å². The summed E-state index contributed by atoms with van der Waals surface area (Å²) in [6.07, 6.45) is 3.57. The van der Waals surface area contributed by atoms with E-state index in [0.717, 1.165) is 23.9 Å². The minimum Gasteiger partial charge on any atom is -0.484 e. The third-order valence-electron chi connectivity index (χ3n) is 3.89. The maximum Gasteiger partial charge on any atom is 0.209 e. The molecule has 0 aromatic carbocycles. The number of likely N-dealkylation sites (tertiary alicyclic amines) is 1. The lowest BCUT2D eigenvalue weighted by Crippen LogP contribution is -2.52. The molecule has 0 N–H and O–H groups in total. The first kappa shape index (κ1) is 16.4. The van der Waals surface area contributed by atoms with Crippen LogP contribution < -0.4 is 4.74 Å². The van der Waals surface area contributed by atoms with Gasteiger partial charge in [-0.3, -0.25) is 14.5 Å². The Bertz CT molecular complexity index is 728. The molecule has 0 unspecified atom stereocenters. The van der Waals surface area contributed by atoms with E-state index in [1.807, 2.05) is 13.1 Å². The minimum atomic E-state index is -0.521. The first-order chi connectivity index (χ1) is 11.6. The fraction of sp³-hybridized carbons (Fsp3) is 0.438. The summed E-state index contributed by atoms with van der Waals surface area (Å²) in [7, 11) is 1.63. The molecule has 7 nitrogen and oxygen atoms in total. The van der Waals surface area contributed by atoms with Gasteiger partial charge in [-0.2, -0.15) is 5.10 Å². The van der Waals surface area contributed by atoms with E-state index < -0.39 is 5.82 Å². The maximum atomic E-state index is 13.9. The molecule has 0 spiro atoms. The van der Waals surface area contributed by atoms with Crippen molar-refractivity contribution in [3.63, 3.8) is 0 Å². The number of hydrogen-bond acceptors (Lipinski definition) is 5. The zero-order valence-corrected chi connectivity index (χ0v) is 13.6. The highest BCUT2D eigenvalue weighted by Gasteiger charge is 2.28. The Kier molecular flexibility index (Phi) is 4.75. The van der Waals surface area contributed by atoms with Crippen LogP contribution in [0.5, 0.6) is 5.75 Å². The zero-order chi connectivity index (χ0) is 17.1. The lowest BCUT2D eigenvalue weighted by atomic mass is 10.1. The van der Waals surface area contributed by atoms with Crippen LogP contribution in [0.4, 0.5) is 4.39 Å². The van der Waals surface area contributed by atoms with Crippen molar-refractivity contribution in [1.29, 1.82) is 0 Å². The van der Waals surface area contributed by atoms with Crippen LogP contribution in [0.25, 0.3) is 11.3 Å². The van der Waals surface area contributed by atoms with Crippen molar-refractivity contribution in [2.45, 2.75) is 19.6 Å². The van der Waals surface area contributed by atoms with Crippen LogP contribution in [-0.2, 0) is 16.1 Å². The molecule has 0 aliphatic carbocycles. The van der Waals surface area contributed by atoms with Gasteiger partial charge in [-0.15, -0.1) is 0 Å². The van der Waals surface area contributed by atoms with Crippen LogP contribution in [0.3, 0.4) is 0 Å². The molecule has 0 radical (unpaired) electrons. The van der Waals surface area contributed by atoms with Gasteiger partial charge in [0.25, 0.3) is 0 Å². The van der Waals surface area contributed by atoms with E-state index in [4.69, 9.17) is 9.47 Å². The molecule has 0 saturated carbocycles. The van der Waals surface area contributed by atoms with E-state index in [1.165, 1.54) is 0 Å². The standard InChI is InChI=1S/C16H19FN4O3/c1-11-13(9-21(19-11)3-4-23-2)15-5-16(14(17)6-18-15)24-12-7-20(8-12)10-22/h5-6,9-10,12H,3-4,7-8H2,1-2H3. The van der Waals surface area contributed by atoms with Gasteiger partial charge in [0.15, 0.2) is 11.6 Å². The molecule has 1 saturated heterocycles. The van der Waals surface area contributed by atoms with E-state index in [0.29, 0.717) is 31.9 Å². The lowest BCUT2D eigenvalue weighted by Gasteiger charge is -2.36. The van der Waals surface area contributed by atoms with E-state index in [1.54, 1.807) is 22.8 Å². The molecule has 2 aromatic rings. The molecule has 2 aromatic heterocycles. The first-order valence-electron chi connectivity index (χ1n) is 7.65. The number of methoxy groups -OCH3 is 1. The van der Waals surface area contributed by atoms with Gasteiger partial charge in [0, 0.05) is 24.9 Å². The van der Waals surface area contributed by atoms with E-state index in [2.05, 4.69) is 10.1 Å². The number of halogens is 1. The summed E-state index contributed by atoms with van der Waals surface area (Å²) in [5.74, 6) is -0.382. The van der Waals surface area contributed by atoms with E-state index in [9.17, 15) is 9.18 Å². The van der Waals surface area contributed by atoms with Crippen molar-refractivity contribution in [2.75, 3.05) is 26.8 Å². The topological polar surface area (TPSA) is 69.5 Å². The molecule has 1 aliphatic rings. The predicted octanol–water partition coefficient (Wildman–Crippen LogP) is 1.26. The largest absolute Gasteiger partial charge is 0.484 e. The fourth-order valence-electron chi connectivity index (χ4n) is 2.54. The highest BCUT2D eigenvalue weighted by Crippen LogP contribution is 2.27. The quantitative estimate of drug-likeness (QED) is 0.713. The SMILES string of the molecule is COCCn1cc(-c2cc(OC3CN(C=O)C3)c(F)cn2)c(C)n1. The van der Waals surface area contributed by atoms with Crippen LogP contribution >= 0.6 is 0 Å². The molecule has 8 heteroatoms. The molecule has 1 fully saturated rings. The molecule has 24 heavy (non-hydrogen) atoms. The number of nitrogens with zero attached hydrogens (tertiary/aromatic N) is 4.